The number of carbonyl (C=O) groups is 1. The molecule has 6 rings (SSSR count). The molecule has 1 aliphatic carbocycles. The number of nitrogens with zero attached hydrogens (tertiary/aromatic N) is 4. The standard InChI is InChI=1S/C22H13F4N5O2/c23-10-4-9(6-27-7-10)18-13(24)8-31-20(29-18)17-12-5-14(19(17)30-31)28-21(32)11-2-1-3-15(16(11)12)33-22(25)26/h1-4,6-8,12,14,22H,5H2,(H,28,32). The van der Waals surface area contributed by atoms with Crippen molar-refractivity contribution in [3.8, 4) is 17.0 Å². The van der Waals surface area contributed by atoms with Crippen molar-refractivity contribution in [1.82, 2.24) is 24.9 Å². The Morgan fingerprint density at radius 3 is 2.82 bits per heavy atom. The molecule has 0 fully saturated rings. The third-order valence-corrected chi connectivity index (χ3v) is 5.94. The van der Waals surface area contributed by atoms with Crippen molar-refractivity contribution in [3.63, 3.8) is 0 Å². The average Bonchev–Trinajstić information content (AvgIpc) is 3.24. The van der Waals surface area contributed by atoms with Crippen molar-refractivity contribution in [1.29, 1.82) is 0 Å². The summed E-state index contributed by atoms with van der Waals surface area (Å²) in [5.74, 6) is -2.50. The number of carbonyl (C=O) groups excluding carboxylic acids is 1. The summed E-state index contributed by atoms with van der Waals surface area (Å²) in [6.07, 6.45) is 3.74. The van der Waals surface area contributed by atoms with E-state index >= 15 is 0 Å². The van der Waals surface area contributed by atoms with E-state index < -0.39 is 36.1 Å². The highest BCUT2D eigenvalue weighted by Gasteiger charge is 2.44. The van der Waals surface area contributed by atoms with Crippen LogP contribution in [0, 0.1) is 11.6 Å². The zero-order valence-electron chi connectivity index (χ0n) is 16.6. The molecule has 0 radical (unpaired) electrons. The number of halogens is 4. The maximum atomic E-state index is 14.8. The molecule has 1 amide bonds. The van der Waals surface area contributed by atoms with Crippen molar-refractivity contribution >= 4 is 11.6 Å². The van der Waals surface area contributed by atoms with Crippen LogP contribution in [0.5, 0.6) is 5.75 Å². The van der Waals surface area contributed by atoms with Crippen LogP contribution in [0.15, 0.2) is 42.9 Å². The van der Waals surface area contributed by atoms with Gasteiger partial charge in [-0.25, -0.2) is 18.3 Å². The summed E-state index contributed by atoms with van der Waals surface area (Å²) in [5, 5.41) is 7.26. The van der Waals surface area contributed by atoms with E-state index in [1.807, 2.05) is 0 Å². The quantitative estimate of drug-likeness (QED) is 0.473. The van der Waals surface area contributed by atoms with Crippen LogP contribution in [0.1, 0.15) is 45.6 Å². The van der Waals surface area contributed by atoms with Gasteiger partial charge in [-0.3, -0.25) is 9.78 Å². The molecule has 1 N–H and O–H groups in total. The molecule has 33 heavy (non-hydrogen) atoms. The number of nitrogens with one attached hydrogen (secondary N) is 1. The van der Waals surface area contributed by atoms with E-state index in [-0.39, 0.29) is 28.2 Å². The fraction of sp³-hybridized carbons (Fsp3) is 0.182. The van der Waals surface area contributed by atoms with E-state index in [0.717, 1.165) is 18.5 Å². The Morgan fingerprint density at radius 1 is 1.18 bits per heavy atom. The van der Waals surface area contributed by atoms with Gasteiger partial charge in [0.15, 0.2) is 11.5 Å². The van der Waals surface area contributed by atoms with E-state index in [4.69, 9.17) is 4.74 Å². The first-order chi connectivity index (χ1) is 15.9. The van der Waals surface area contributed by atoms with Gasteiger partial charge in [0.05, 0.1) is 24.1 Å². The summed E-state index contributed by atoms with van der Waals surface area (Å²) in [6.45, 7) is -3.08. The van der Waals surface area contributed by atoms with Crippen LogP contribution in [-0.4, -0.2) is 32.1 Å². The molecule has 0 saturated carbocycles. The topological polar surface area (TPSA) is 81.4 Å². The lowest BCUT2D eigenvalue weighted by molar-refractivity contribution is -0.0505. The average molecular weight is 455 g/mol. The van der Waals surface area contributed by atoms with Crippen molar-refractivity contribution in [2.75, 3.05) is 0 Å². The molecule has 2 unspecified atom stereocenters. The zero-order chi connectivity index (χ0) is 22.9. The number of ether oxygens (including phenoxy) is 1. The third-order valence-electron chi connectivity index (χ3n) is 5.94. The second kappa shape index (κ2) is 6.99. The Balaban J connectivity index is 1.60. The summed E-state index contributed by atoms with van der Waals surface area (Å²) in [7, 11) is 0. The Morgan fingerprint density at radius 2 is 2.03 bits per heavy atom. The lowest BCUT2D eigenvalue weighted by Crippen LogP contribution is -2.27. The van der Waals surface area contributed by atoms with Crippen LogP contribution < -0.4 is 10.1 Å². The molecule has 0 spiro atoms. The number of hydrogen-bond donors (Lipinski definition) is 1. The van der Waals surface area contributed by atoms with Gasteiger partial charge in [0.25, 0.3) is 5.91 Å². The summed E-state index contributed by atoms with van der Waals surface area (Å²) in [6, 6.07) is 4.97. The van der Waals surface area contributed by atoms with Crippen LogP contribution in [0.3, 0.4) is 0 Å². The molecule has 7 nitrogen and oxygen atoms in total. The Labute approximate surface area is 183 Å². The van der Waals surface area contributed by atoms with Gasteiger partial charge in [-0.15, -0.1) is 0 Å². The maximum Gasteiger partial charge on any atom is 0.387 e. The predicted molar refractivity (Wildman–Crippen MR) is 106 cm³/mol. The number of amides is 1. The fourth-order valence-corrected chi connectivity index (χ4v) is 4.71. The monoisotopic (exact) mass is 455 g/mol. The molecule has 1 aliphatic heterocycles. The SMILES string of the molecule is O=C1NC2CC(c3c(OC(F)F)cccc31)c1c2nn2cc(F)c(-c3cncc(F)c3)nc12. The van der Waals surface area contributed by atoms with Gasteiger partial charge in [0, 0.05) is 34.4 Å². The summed E-state index contributed by atoms with van der Waals surface area (Å²) >= 11 is 0. The minimum absolute atomic E-state index is 0.118. The smallest absolute Gasteiger partial charge is 0.387 e. The Bertz CT molecular complexity index is 1450. The lowest BCUT2D eigenvalue weighted by atomic mass is 9.89. The molecule has 2 aliphatic rings. The second-order valence-corrected chi connectivity index (χ2v) is 7.81. The van der Waals surface area contributed by atoms with E-state index in [9.17, 15) is 22.4 Å². The highest BCUT2D eigenvalue weighted by atomic mass is 19.3. The molecular formula is C22H13F4N5O2. The number of pyridine rings is 1. The molecule has 0 saturated heterocycles. The predicted octanol–water partition coefficient (Wildman–Crippen LogP) is 3.99. The Kier molecular flexibility index (Phi) is 4.16. The van der Waals surface area contributed by atoms with Crippen molar-refractivity contribution in [3.05, 3.63) is 76.9 Å². The molecule has 4 heterocycles. The zero-order valence-corrected chi connectivity index (χ0v) is 16.6. The van der Waals surface area contributed by atoms with E-state index in [0.29, 0.717) is 23.2 Å². The van der Waals surface area contributed by atoms with E-state index in [1.54, 1.807) is 0 Å². The summed E-state index contributed by atoms with van der Waals surface area (Å²) in [4.78, 5) is 20.9. The van der Waals surface area contributed by atoms with Gasteiger partial charge < -0.3 is 10.1 Å². The molecule has 2 bridgehead atoms. The van der Waals surface area contributed by atoms with Gasteiger partial charge >= 0.3 is 6.61 Å². The maximum absolute atomic E-state index is 14.8. The van der Waals surface area contributed by atoms with Crippen molar-refractivity contribution in [2.45, 2.75) is 25.0 Å². The minimum atomic E-state index is -3.08. The molecule has 1 aromatic carbocycles. The molecule has 2 atom stereocenters. The Hall–Kier alpha value is -4.02. The first-order valence-electron chi connectivity index (χ1n) is 9.99. The first kappa shape index (κ1) is 19.6. The first-order valence-corrected chi connectivity index (χ1v) is 9.99. The number of benzene rings is 1. The number of aromatic nitrogens is 4. The van der Waals surface area contributed by atoms with Gasteiger partial charge in [-0.2, -0.15) is 13.9 Å². The highest BCUT2D eigenvalue weighted by Crippen LogP contribution is 2.51. The molecule has 3 aromatic heterocycles. The normalized spacial score (nSPS) is 18.8. The number of rotatable bonds is 3. The largest absolute Gasteiger partial charge is 0.434 e. The van der Waals surface area contributed by atoms with Gasteiger partial charge in [-0.1, -0.05) is 6.07 Å². The van der Waals surface area contributed by atoms with Crippen molar-refractivity contribution in [2.24, 2.45) is 0 Å². The molecular weight excluding hydrogens is 442 g/mol. The van der Waals surface area contributed by atoms with Crippen LogP contribution in [-0.2, 0) is 0 Å². The summed E-state index contributed by atoms with van der Waals surface area (Å²) < 4.78 is 60.7. The van der Waals surface area contributed by atoms with Gasteiger partial charge in [0.2, 0.25) is 0 Å². The fourth-order valence-electron chi connectivity index (χ4n) is 4.71. The van der Waals surface area contributed by atoms with Crippen LogP contribution in [0.4, 0.5) is 17.6 Å². The summed E-state index contributed by atoms with van der Waals surface area (Å²) in [5.41, 5.74) is 1.82. The molecule has 11 heteroatoms. The minimum Gasteiger partial charge on any atom is -0.434 e. The van der Waals surface area contributed by atoms with E-state index in [1.165, 1.54) is 28.9 Å². The lowest BCUT2D eigenvalue weighted by Gasteiger charge is -2.18. The number of fused-ring (bicyclic) bond motifs is 9. The highest BCUT2D eigenvalue weighted by molar-refractivity contribution is 5.98. The number of alkyl halides is 2. The number of hydrogen-bond acceptors (Lipinski definition) is 5. The molecule has 166 valence electrons. The van der Waals surface area contributed by atoms with Gasteiger partial charge in [-0.05, 0) is 24.6 Å². The third kappa shape index (κ3) is 2.95. The van der Waals surface area contributed by atoms with Crippen LogP contribution >= 0.6 is 0 Å². The van der Waals surface area contributed by atoms with E-state index in [2.05, 4.69) is 20.4 Å². The van der Waals surface area contributed by atoms with Gasteiger partial charge in [0.1, 0.15) is 17.3 Å². The van der Waals surface area contributed by atoms with Crippen molar-refractivity contribution < 1.29 is 27.1 Å². The van der Waals surface area contributed by atoms with Crippen LogP contribution in [0.2, 0.25) is 0 Å². The van der Waals surface area contributed by atoms with Crippen LogP contribution in [0.25, 0.3) is 16.9 Å². The second-order valence-electron chi connectivity index (χ2n) is 7.81. The molecule has 4 aromatic rings.